The zero-order valence-corrected chi connectivity index (χ0v) is 20.8. The van der Waals surface area contributed by atoms with Crippen LogP contribution in [-0.2, 0) is 13.0 Å². The highest BCUT2D eigenvalue weighted by Crippen LogP contribution is 2.33. The second-order valence-electron chi connectivity index (χ2n) is 9.07. The van der Waals surface area contributed by atoms with Crippen LogP contribution in [0.2, 0.25) is 0 Å². The van der Waals surface area contributed by atoms with E-state index in [-0.39, 0.29) is 6.10 Å². The topological polar surface area (TPSA) is 50.5 Å². The molecule has 178 valence electrons. The van der Waals surface area contributed by atoms with E-state index in [4.69, 9.17) is 9.84 Å². The molecule has 0 aliphatic carbocycles. The van der Waals surface area contributed by atoms with Crippen LogP contribution in [0.4, 0.5) is 0 Å². The number of aliphatic hydroxyl groups is 1. The number of rotatable bonds is 12. The molecule has 0 spiro atoms. The van der Waals surface area contributed by atoms with Crippen molar-refractivity contribution in [1.29, 1.82) is 0 Å². The maximum atomic E-state index is 10.6. The fourth-order valence-electron chi connectivity index (χ4n) is 3.95. The number of hydrogen-bond acceptors (Lipinski definition) is 4. The summed E-state index contributed by atoms with van der Waals surface area (Å²) in [7, 11) is 0. The smallest absolute Gasteiger partial charge is 0.227 e. The summed E-state index contributed by atoms with van der Waals surface area (Å²) in [6, 6.07) is 18.5. The first-order chi connectivity index (χ1) is 15.9. The van der Waals surface area contributed by atoms with Crippen molar-refractivity contribution >= 4 is 0 Å². The van der Waals surface area contributed by atoms with Gasteiger partial charge in [-0.2, -0.15) is 5.10 Å². The summed E-state index contributed by atoms with van der Waals surface area (Å²) in [5.41, 5.74) is 4.27. The Morgan fingerprint density at radius 3 is 2.33 bits per heavy atom. The molecule has 0 radical (unpaired) electrons. The normalized spacial score (nSPS) is 12.5. The zero-order valence-electron chi connectivity index (χ0n) is 20.8. The van der Waals surface area contributed by atoms with Gasteiger partial charge in [0.1, 0.15) is 5.75 Å². The van der Waals surface area contributed by atoms with Crippen molar-refractivity contribution < 1.29 is 9.84 Å². The molecule has 33 heavy (non-hydrogen) atoms. The first-order valence-electron chi connectivity index (χ1n) is 12.3. The number of aryl methyl sites for hydroxylation is 2. The van der Waals surface area contributed by atoms with Crippen LogP contribution in [0, 0.1) is 6.92 Å². The van der Waals surface area contributed by atoms with Crippen LogP contribution in [0.1, 0.15) is 63.8 Å². The molecular weight excluding hydrogens is 410 g/mol. The lowest BCUT2D eigenvalue weighted by atomic mass is 10.1. The maximum absolute atomic E-state index is 10.6. The number of benzene rings is 2. The monoisotopic (exact) mass is 449 g/mol. The first kappa shape index (κ1) is 25.0. The van der Waals surface area contributed by atoms with E-state index in [1.54, 1.807) is 0 Å². The lowest BCUT2D eigenvalue weighted by Gasteiger charge is -2.29. The third kappa shape index (κ3) is 6.68. The fourth-order valence-corrected chi connectivity index (χ4v) is 3.95. The summed E-state index contributed by atoms with van der Waals surface area (Å²) in [6.45, 7) is 12.0. The average molecular weight is 450 g/mol. The van der Waals surface area contributed by atoms with Gasteiger partial charge in [-0.1, -0.05) is 62.6 Å². The number of nitrogens with zero attached hydrogens (tertiary/aromatic N) is 3. The Kier molecular flexibility index (Phi) is 9.10. The second-order valence-corrected chi connectivity index (χ2v) is 9.07. The van der Waals surface area contributed by atoms with Gasteiger partial charge in [0, 0.05) is 19.1 Å². The molecule has 5 nitrogen and oxygen atoms in total. The minimum atomic E-state index is -0.330. The molecule has 1 aromatic heterocycles. The minimum absolute atomic E-state index is 0.290. The Morgan fingerprint density at radius 2 is 1.73 bits per heavy atom. The van der Waals surface area contributed by atoms with Crippen molar-refractivity contribution in [2.24, 2.45) is 0 Å². The SMILES string of the molecule is CCCC[C@@H](O)CN(Cc1c(CC)nn(-c2ccccc2)c1Oc1ccc(C)cc1)C(C)C. The Hall–Kier alpha value is -2.63. The van der Waals surface area contributed by atoms with Crippen molar-refractivity contribution in [3.05, 3.63) is 71.4 Å². The summed E-state index contributed by atoms with van der Waals surface area (Å²) in [5.74, 6) is 1.54. The predicted octanol–water partition coefficient (Wildman–Crippen LogP) is 6.30. The molecule has 0 unspecified atom stereocenters. The van der Waals surface area contributed by atoms with Gasteiger partial charge in [-0.3, -0.25) is 4.90 Å². The fraction of sp³-hybridized carbons (Fsp3) is 0.464. The van der Waals surface area contributed by atoms with Crippen molar-refractivity contribution in [2.45, 2.75) is 79.0 Å². The van der Waals surface area contributed by atoms with Gasteiger partial charge >= 0.3 is 0 Å². The molecule has 2 aromatic carbocycles. The molecular formula is C28H39N3O2. The highest BCUT2D eigenvalue weighted by Gasteiger charge is 2.24. The van der Waals surface area contributed by atoms with Crippen LogP contribution in [-0.4, -0.2) is 38.5 Å². The van der Waals surface area contributed by atoms with Gasteiger partial charge in [0.05, 0.1) is 23.0 Å². The second kappa shape index (κ2) is 12.0. The third-order valence-corrected chi connectivity index (χ3v) is 6.02. The van der Waals surface area contributed by atoms with Crippen LogP contribution >= 0.6 is 0 Å². The summed E-state index contributed by atoms with van der Waals surface area (Å²) in [5, 5.41) is 15.6. The van der Waals surface area contributed by atoms with Crippen LogP contribution in [0.25, 0.3) is 5.69 Å². The van der Waals surface area contributed by atoms with Gasteiger partial charge in [0.2, 0.25) is 5.88 Å². The van der Waals surface area contributed by atoms with Gasteiger partial charge < -0.3 is 9.84 Å². The standard InChI is InChI=1S/C28H39N3O2/c1-6-8-14-24(32)19-30(21(3)4)20-26-27(7-2)29-31(23-12-10-9-11-13-23)28(26)33-25-17-15-22(5)16-18-25/h9-13,15-18,21,24,32H,6-8,14,19-20H2,1-5H3/t24-/m1/s1. The largest absolute Gasteiger partial charge is 0.439 e. The number of ether oxygens (including phenoxy) is 1. The van der Waals surface area contributed by atoms with Crippen LogP contribution in [0.15, 0.2) is 54.6 Å². The molecule has 0 bridgehead atoms. The highest BCUT2D eigenvalue weighted by atomic mass is 16.5. The lowest BCUT2D eigenvalue weighted by molar-refractivity contribution is 0.0826. The van der Waals surface area contributed by atoms with E-state index in [1.807, 2.05) is 47.1 Å². The average Bonchev–Trinajstić information content (AvgIpc) is 3.16. The third-order valence-electron chi connectivity index (χ3n) is 6.02. The first-order valence-corrected chi connectivity index (χ1v) is 12.3. The number of para-hydroxylation sites is 1. The van der Waals surface area contributed by atoms with E-state index in [1.165, 1.54) is 5.56 Å². The highest BCUT2D eigenvalue weighted by molar-refractivity contribution is 5.44. The molecule has 0 aliphatic rings. The van der Waals surface area contributed by atoms with Gasteiger partial charge in [-0.25, -0.2) is 4.68 Å². The summed E-state index contributed by atoms with van der Waals surface area (Å²) in [4.78, 5) is 2.33. The number of aromatic nitrogens is 2. The Balaban J connectivity index is 2.00. The van der Waals surface area contributed by atoms with Gasteiger partial charge in [0.15, 0.2) is 0 Å². The molecule has 1 atom stereocenters. The van der Waals surface area contributed by atoms with E-state index < -0.39 is 0 Å². The van der Waals surface area contributed by atoms with Crippen molar-refractivity contribution in [2.75, 3.05) is 6.54 Å². The van der Waals surface area contributed by atoms with E-state index in [0.717, 1.165) is 54.3 Å². The van der Waals surface area contributed by atoms with Gasteiger partial charge in [-0.05, 0) is 57.9 Å². The van der Waals surface area contributed by atoms with Gasteiger partial charge in [-0.15, -0.1) is 0 Å². The summed E-state index contributed by atoms with van der Waals surface area (Å²) < 4.78 is 8.41. The quantitative estimate of drug-likeness (QED) is 0.353. The Bertz CT molecular complexity index is 980. The van der Waals surface area contributed by atoms with Crippen molar-refractivity contribution in [3.8, 4) is 17.3 Å². The van der Waals surface area contributed by atoms with Crippen molar-refractivity contribution in [3.63, 3.8) is 0 Å². The minimum Gasteiger partial charge on any atom is -0.439 e. The molecule has 0 saturated heterocycles. The summed E-state index contributed by atoms with van der Waals surface area (Å²) in [6.07, 6.45) is 3.45. The maximum Gasteiger partial charge on any atom is 0.227 e. The number of hydrogen-bond donors (Lipinski definition) is 1. The van der Waals surface area contributed by atoms with Crippen LogP contribution < -0.4 is 4.74 Å². The molecule has 1 N–H and O–H groups in total. The van der Waals surface area contributed by atoms with Gasteiger partial charge in [0.25, 0.3) is 0 Å². The molecule has 1 heterocycles. The molecule has 0 amide bonds. The number of aliphatic hydroxyl groups excluding tert-OH is 1. The Morgan fingerprint density at radius 1 is 1.03 bits per heavy atom. The Labute approximate surface area is 199 Å². The zero-order chi connectivity index (χ0) is 23.8. The lowest BCUT2D eigenvalue weighted by Crippen LogP contribution is -2.37. The molecule has 0 fully saturated rings. The molecule has 0 saturated carbocycles. The van der Waals surface area contributed by atoms with Crippen LogP contribution in [0.5, 0.6) is 11.6 Å². The molecule has 3 aromatic rings. The van der Waals surface area contributed by atoms with E-state index in [9.17, 15) is 5.11 Å². The van der Waals surface area contributed by atoms with E-state index in [0.29, 0.717) is 19.1 Å². The predicted molar refractivity (Wildman–Crippen MR) is 135 cm³/mol. The molecule has 5 heteroatoms. The van der Waals surface area contributed by atoms with Crippen molar-refractivity contribution in [1.82, 2.24) is 14.7 Å². The van der Waals surface area contributed by atoms with Crippen LogP contribution in [0.3, 0.4) is 0 Å². The summed E-state index contributed by atoms with van der Waals surface area (Å²) >= 11 is 0. The van der Waals surface area contributed by atoms with E-state index in [2.05, 4.69) is 51.7 Å². The van der Waals surface area contributed by atoms with E-state index >= 15 is 0 Å². The molecule has 3 rings (SSSR count). The number of unbranched alkanes of at least 4 members (excludes halogenated alkanes) is 1. The molecule has 0 aliphatic heterocycles.